The van der Waals surface area contributed by atoms with Crippen LogP contribution < -0.4 is 5.73 Å². The van der Waals surface area contributed by atoms with Gasteiger partial charge in [0.05, 0.1) is 17.2 Å². The fourth-order valence-electron chi connectivity index (χ4n) is 3.04. The molecule has 2 unspecified atom stereocenters. The summed E-state index contributed by atoms with van der Waals surface area (Å²) in [6, 6.07) is 0.389. The smallest absolute Gasteiger partial charge is 0.405 e. The first-order valence-electron chi connectivity index (χ1n) is 8.57. The summed E-state index contributed by atoms with van der Waals surface area (Å²) in [7, 11) is -0.431. The van der Waals surface area contributed by atoms with E-state index in [2.05, 4.69) is 6.92 Å². The summed E-state index contributed by atoms with van der Waals surface area (Å²) in [6.07, 6.45) is 9.78. The molecule has 0 spiro atoms. The number of rotatable bonds is 3. The van der Waals surface area contributed by atoms with Gasteiger partial charge in [0.25, 0.3) is 0 Å². The average Bonchev–Trinajstić information content (AvgIpc) is 2.56. The van der Waals surface area contributed by atoms with E-state index < -0.39 is 7.12 Å². The van der Waals surface area contributed by atoms with Crippen molar-refractivity contribution in [2.24, 2.45) is 16.6 Å². The first-order chi connectivity index (χ1) is 10.3. The Morgan fingerprint density at radius 1 is 1.09 bits per heavy atom. The number of nitrogens with two attached hydrogens (primary N) is 1. The second-order valence-corrected chi connectivity index (χ2v) is 7.72. The highest BCUT2D eigenvalue weighted by Crippen LogP contribution is 2.38. The molecule has 5 heteroatoms. The maximum Gasteiger partial charge on any atom is 0.497 e. The van der Waals surface area contributed by atoms with E-state index in [1.807, 2.05) is 33.9 Å². The van der Waals surface area contributed by atoms with Crippen molar-refractivity contribution >= 4 is 13.3 Å². The Morgan fingerprint density at radius 2 is 1.68 bits per heavy atom. The maximum absolute atomic E-state index is 6.05. The van der Waals surface area contributed by atoms with E-state index >= 15 is 0 Å². The highest BCUT2D eigenvalue weighted by Gasteiger charge is 2.52. The largest absolute Gasteiger partial charge is 0.497 e. The van der Waals surface area contributed by atoms with Gasteiger partial charge in [-0.3, -0.25) is 4.99 Å². The molecule has 0 bridgehead atoms. The second-order valence-electron chi connectivity index (χ2n) is 7.72. The number of nitrogens with zero attached hydrogens (tertiary/aromatic N) is 1. The third kappa shape index (κ3) is 3.74. The molecular weight excluding hydrogens is 275 g/mol. The van der Waals surface area contributed by atoms with Crippen molar-refractivity contribution in [3.8, 4) is 0 Å². The molecule has 0 amide bonds. The predicted octanol–water partition coefficient (Wildman–Crippen LogP) is 3.50. The van der Waals surface area contributed by atoms with Gasteiger partial charge in [-0.25, -0.2) is 0 Å². The predicted molar refractivity (Wildman–Crippen MR) is 92.9 cm³/mol. The summed E-state index contributed by atoms with van der Waals surface area (Å²) in [6.45, 7) is 10.5. The molecule has 2 fully saturated rings. The normalized spacial score (nSPS) is 32.4. The van der Waals surface area contributed by atoms with E-state index in [4.69, 9.17) is 20.0 Å². The Balaban J connectivity index is 2.05. The molecule has 22 heavy (non-hydrogen) atoms. The summed E-state index contributed by atoms with van der Waals surface area (Å²) < 4.78 is 12.1. The molecule has 2 aliphatic rings. The number of aliphatic imine (C=N–C) groups is 1. The molecule has 2 N–H and O–H groups in total. The zero-order chi connectivity index (χ0) is 16.4. The number of hydrogen-bond acceptors (Lipinski definition) is 4. The molecule has 1 heterocycles. The van der Waals surface area contributed by atoms with Gasteiger partial charge in [0.1, 0.15) is 0 Å². The van der Waals surface area contributed by atoms with Gasteiger partial charge in [-0.05, 0) is 52.7 Å². The van der Waals surface area contributed by atoms with Crippen molar-refractivity contribution in [3.63, 3.8) is 0 Å². The van der Waals surface area contributed by atoms with Crippen LogP contribution in [0.15, 0.2) is 16.7 Å². The Kier molecular flexibility index (Phi) is 5.39. The summed E-state index contributed by atoms with van der Waals surface area (Å²) in [5.41, 5.74) is 5.91. The summed E-state index contributed by atoms with van der Waals surface area (Å²) in [5.74, 6) is 0.635. The van der Waals surface area contributed by atoms with Gasteiger partial charge in [-0.15, -0.1) is 0 Å². The zero-order valence-corrected chi connectivity index (χ0v) is 14.8. The van der Waals surface area contributed by atoms with Crippen molar-refractivity contribution in [1.29, 1.82) is 0 Å². The Bertz CT molecular complexity index is 430. The monoisotopic (exact) mass is 306 g/mol. The van der Waals surface area contributed by atoms with Crippen LogP contribution in [0.3, 0.4) is 0 Å². The lowest BCUT2D eigenvalue weighted by Gasteiger charge is -2.32. The van der Waals surface area contributed by atoms with Crippen molar-refractivity contribution in [1.82, 2.24) is 0 Å². The fourth-order valence-corrected chi connectivity index (χ4v) is 3.04. The fraction of sp³-hybridized carbons (Fsp3) is 0.824. The maximum atomic E-state index is 6.05. The molecule has 0 aromatic rings. The lowest BCUT2D eigenvalue weighted by Crippen LogP contribution is -2.41. The molecule has 0 aromatic heterocycles. The number of allylic oxidation sites excluding steroid dienone is 1. The van der Waals surface area contributed by atoms with E-state index in [-0.39, 0.29) is 11.2 Å². The molecular formula is C17H31BN2O2. The van der Waals surface area contributed by atoms with Crippen molar-refractivity contribution in [2.45, 2.75) is 84.0 Å². The Morgan fingerprint density at radius 3 is 2.27 bits per heavy atom. The first-order valence-corrected chi connectivity index (χ1v) is 8.57. The van der Waals surface area contributed by atoms with E-state index in [9.17, 15) is 0 Å². The molecule has 2 rings (SSSR count). The molecule has 0 aromatic carbocycles. The minimum absolute atomic E-state index is 0.352. The highest BCUT2D eigenvalue weighted by molar-refractivity contribution is 6.60. The molecule has 2 atom stereocenters. The van der Waals surface area contributed by atoms with Gasteiger partial charge in [-0.2, -0.15) is 0 Å². The van der Waals surface area contributed by atoms with Gasteiger partial charge in [-0.1, -0.05) is 26.2 Å². The Hall–Kier alpha value is -0.805. The van der Waals surface area contributed by atoms with Crippen molar-refractivity contribution < 1.29 is 9.31 Å². The summed E-state index contributed by atoms with van der Waals surface area (Å²) in [4.78, 5) is 4.80. The number of hydrogen-bond donors (Lipinski definition) is 1. The first kappa shape index (κ1) is 17.5. The van der Waals surface area contributed by atoms with E-state index in [1.54, 1.807) is 6.20 Å². The zero-order valence-electron chi connectivity index (χ0n) is 14.8. The molecule has 1 aliphatic heterocycles. The van der Waals surface area contributed by atoms with Crippen LogP contribution in [0, 0.1) is 5.92 Å². The van der Waals surface area contributed by atoms with Crippen LogP contribution in [0.4, 0.5) is 0 Å². The van der Waals surface area contributed by atoms with Crippen LogP contribution in [0.5, 0.6) is 0 Å². The van der Waals surface area contributed by atoms with Gasteiger partial charge < -0.3 is 15.0 Å². The van der Waals surface area contributed by atoms with E-state index in [0.717, 1.165) is 5.47 Å². The van der Waals surface area contributed by atoms with Gasteiger partial charge in [0, 0.05) is 11.7 Å². The lowest BCUT2D eigenvalue weighted by atomic mass is 9.79. The van der Waals surface area contributed by atoms with Gasteiger partial charge >= 0.3 is 7.12 Å². The Labute approximate surface area is 135 Å². The van der Waals surface area contributed by atoms with E-state index in [0.29, 0.717) is 12.0 Å². The quantitative estimate of drug-likeness (QED) is 0.493. The lowest BCUT2D eigenvalue weighted by molar-refractivity contribution is 0.00578. The topological polar surface area (TPSA) is 56.8 Å². The molecule has 1 saturated carbocycles. The SMILES string of the molecule is CC1CCCCCC1N=CC(=CN)B1OC(C)(C)C(C)(C)O1. The third-order valence-corrected chi connectivity index (χ3v) is 5.45. The molecule has 0 radical (unpaired) electrons. The minimum Gasteiger partial charge on any atom is -0.405 e. The summed E-state index contributed by atoms with van der Waals surface area (Å²) >= 11 is 0. The standard InChI is InChI=1S/C17H31BN2O2/c1-13-9-7-6-8-10-15(13)20-12-14(11-19)18-21-16(2,3)17(4,5)22-18/h11-13,15H,6-10,19H2,1-5H3. The molecule has 1 saturated heterocycles. The van der Waals surface area contributed by atoms with Crippen LogP contribution >= 0.6 is 0 Å². The summed E-state index contributed by atoms with van der Waals surface area (Å²) in [5, 5.41) is 0. The van der Waals surface area contributed by atoms with E-state index in [1.165, 1.54) is 32.1 Å². The van der Waals surface area contributed by atoms with Crippen LogP contribution in [0.2, 0.25) is 0 Å². The van der Waals surface area contributed by atoms with Crippen LogP contribution in [-0.4, -0.2) is 30.6 Å². The van der Waals surface area contributed by atoms with Crippen LogP contribution in [0.25, 0.3) is 0 Å². The minimum atomic E-state index is -0.431. The second kappa shape index (κ2) is 6.75. The molecule has 124 valence electrons. The third-order valence-electron chi connectivity index (χ3n) is 5.45. The van der Waals surface area contributed by atoms with Gasteiger partial charge in [0.2, 0.25) is 0 Å². The van der Waals surface area contributed by atoms with Crippen LogP contribution in [-0.2, 0) is 9.31 Å². The van der Waals surface area contributed by atoms with Gasteiger partial charge in [0.15, 0.2) is 0 Å². The van der Waals surface area contributed by atoms with Crippen LogP contribution in [0.1, 0.15) is 66.7 Å². The molecule has 1 aliphatic carbocycles. The highest BCUT2D eigenvalue weighted by atomic mass is 16.7. The van der Waals surface area contributed by atoms with Crippen molar-refractivity contribution in [3.05, 3.63) is 11.7 Å². The average molecular weight is 306 g/mol. The van der Waals surface area contributed by atoms with Crippen molar-refractivity contribution in [2.75, 3.05) is 0 Å². The molecule has 4 nitrogen and oxygen atoms in total.